The van der Waals surface area contributed by atoms with Gasteiger partial charge in [-0.25, -0.2) is 0 Å². The van der Waals surface area contributed by atoms with Crippen molar-refractivity contribution >= 4 is 15.9 Å². The normalized spacial score (nSPS) is 32.5. The van der Waals surface area contributed by atoms with Gasteiger partial charge < -0.3 is 5.73 Å². The molecule has 0 aromatic heterocycles. The van der Waals surface area contributed by atoms with Crippen molar-refractivity contribution in [2.45, 2.75) is 63.2 Å². The lowest BCUT2D eigenvalue weighted by atomic mass is 9.92. The van der Waals surface area contributed by atoms with Crippen LogP contribution in [0.5, 0.6) is 0 Å². The van der Waals surface area contributed by atoms with Crippen molar-refractivity contribution in [3.63, 3.8) is 0 Å². The third-order valence-electron chi connectivity index (χ3n) is 4.83. The van der Waals surface area contributed by atoms with Gasteiger partial charge in [0.25, 0.3) is 0 Å². The van der Waals surface area contributed by atoms with E-state index in [0.29, 0.717) is 24.2 Å². The van der Waals surface area contributed by atoms with Crippen LogP contribution in [0.4, 0.5) is 0 Å². The van der Waals surface area contributed by atoms with Gasteiger partial charge in [0.05, 0.1) is 0 Å². The average molecular weight is 323 g/mol. The first-order valence-corrected chi connectivity index (χ1v) is 8.26. The number of hydrogen-bond donors (Lipinski definition) is 1. The second-order valence-corrected chi connectivity index (χ2v) is 6.95. The van der Waals surface area contributed by atoms with E-state index in [1.165, 1.54) is 37.7 Å². The van der Waals surface area contributed by atoms with Crippen molar-refractivity contribution in [2.75, 3.05) is 0 Å². The van der Waals surface area contributed by atoms with Crippen LogP contribution in [0.15, 0.2) is 28.7 Å². The van der Waals surface area contributed by atoms with E-state index in [9.17, 15) is 0 Å². The van der Waals surface area contributed by atoms with Crippen molar-refractivity contribution in [3.05, 3.63) is 34.3 Å². The molecule has 0 saturated carbocycles. The van der Waals surface area contributed by atoms with Crippen LogP contribution in [-0.4, -0.2) is 23.0 Å². The molecule has 0 amide bonds. The zero-order chi connectivity index (χ0) is 13.4. The largest absolute Gasteiger partial charge is 0.328 e. The second-order valence-electron chi connectivity index (χ2n) is 6.04. The predicted octanol–water partition coefficient (Wildman–Crippen LogP) is 3.85. The van der Waals surface area contributed by atoms with E-state index in [1.807, 2.05) is 0 Å². The Bertz CT molecular complexity index is 417. The summed E-state index contributed by atoms with van der Waals surface area (Å²) in [5.74, 6) is 0. The molecule has 2 nitrogen and oxygen atoms in total. The van der Waals surface area contributed by atoms with Gasteiger partial charge in [-0.1, -0.05) is 35.0 Å². The Morgan fingerprint density at radius 2 is 1.79 bits per heavy atom. The first-order valence-electron chi connectivity index (χ1n) is 7.47. The fourth-order valence-electron chi connectivity index (χ4n) is 4.07. The Balaban J connectivity index is 1.85. The first kappa shape index (κ1) is 13.6. The molecule has 2 aliphatic heterocycles. The molecule has 3 atom stereocenters. The molecule has 3 rings (SSSR count). The minimum absolute atomic E-state index is 0.427. The Morgan fingerprint density at radius 1 is 1.21 bits per heavy atom. The third kappa shape index (κ3) is 2.61. The van der Waals surface area contributed by atoms with Crippen LogP contribution in [0, 0.1) is 0 Å². The summed E-state index contributed by atoms with van der Waals surface area (Å²) in [4.78, 5) is 2.77. The molecule has 2 bridgehead atoms. The van der Waals surface area contributed by atoms with E-state index in [-0.39, 0.29) is 0 Å². The minimum Gasteiger partial charge on any atom is -0.328 e. The van der Waals surface area contributed by atoms with Crippen molar-refractivity contribution in [1.82, 2.24) is 4.90 Å². The van der Waals surface area contributed by atoms with E-state index >= 15 is 0 Å². The number of piperidine rings is 1. The molecule has 2 fully saturated rings. The highest BCUT2D eigenvalue weighted by atomic mass is 79.9. The zero-order valence-electron chi connectivity index (χ0n) is 11.6. The molecule has 0 radical (unpaired) electrons. The number of benzene rings is 1. The lowest BCUT2D eigenvalue weighted by Gasteiger charge is -2.43. The van der Waals surface area contributed by atoms with Crippen LogP contribution in [-0.2, 0) is 0 Å². The molecule has 3 unspecified atom stereocenters. The van der Waals surface area contributed by atoms with Crippen LogP contribution in [0.3, 0.4) is 0 Å². The van der Waals surface area contributed by atoms with Crippen molar-refractivity contribution < 1.29 is 0 Å². The maximum atomic E-state index is 6.19. The van der Waals surface area contributed by atoms with Crippen molar-refractivity contribution in [3.8, 4) is 0 Å². The quantitative estimate of drug-likeness (QED) is 0.915. The molecule has 19 heavy (non-hydrogen) atoms. The molecule has 1 aromatic rings. The number of hydrogen-bond acceptors (Lipinski definition) is 2. The van der Waals surface area contributed by atoms with Crippen LogP contribution in [0.1, 0.15) is 50.6 Å². The van der Waals surface area contributed by atoms with E-state index in [4.69, 9.17) is 5.73 Å². The Kier molecular flexibility index (Phi) is 3.97. The summed E-state index contributed by atoms with van der Waals surface area (Å²) in [6, 6.07) is 11.3. The highest BCUT2D eigenvalue weighted by molar-refractivity contribution is 9.10. The van der Waals surface area contributed by atoms with Gasteiger partial charge in [0, 0.05) is 28.6 Å². The smallest absolute Gasteiger partial charge is 0.0351 e. The Hall–Kier alpha value is -0.380. The van der Waals surface area contributed by atoms with Crippen LogP contribution in [0.25, 0.3) is 0 Å². The molecule has 1 aromatic carbocycles. The predicted molar refractivity (Wildman–Crippen MR) is 83.0 cm³/mol. The lowest BCUT2D eigenvalue weighted by molar-refractivity contribution is 0.0746. The zero-order valence-corrected chi connectivity index (χ0v) is 13.1. The van der Waals surface area contributed by atoms with Crippen molar-refractivity contribution in [1.29, 1.82) is 0 Å². The van der Waals surface area contributed by atoms with Crippen LogP contribution < -0.4 is 5.73 Å². The van der Waals surface area contributed by atoms with Gasteiger partial charge in [-0.05, 0) is 49.8 Å². The van der Waals surface area contributed by atoms with E-state index in [1.54, 1.807) is 0 Å². The molecule has 2 aliphatic rings. The molecule has 0 aliphatic carbocycles. The fraction of sp³-hybridized carbons (Fsp3) is 0.625. The summed E-state index contributed by atoms with van der Waals surface area (Å²) in [5, 5.41) is 0. The standard InChI is InChI=1S/C16H23BrN2/c1-2-16(11-3-5-12(17)6-4-11)19-14-7-8-15(19)10-13(18)9-14/h3-6,13-16H,2,7-10,18H2,1H3. The summed E-state index contributed by atoms with van der Waals surface area (Å²) in [6.45, 7) is 2.31. The molecule has 0 spiro atoms. The summed E-state index contributed by atoms with van der Waals surface area (Å²) >= 11 is 3.53. The number of nitrogens with zero attached hydrogens (tertiary/aromatic N) is 1. The van der Waals surface area contributed by atoms with Gasteiger partial charge in [0.15, 0.2) is 0 Å². The average Bonchev–Trinajstić information content (AvgIpc) is 2.66. The molecular formula is C16H23BrN2. The Labute approximate surface area is 124 Å². The Morgan fingerprint density at radius 3 is 2.32 bits per heavy atom. The number of fused-ring (bicyclic) bond motifs is 2. The summed E-state index contributed by atoms with van der Waals surface area (Å²) in [5.41, 5.74) is 7.64. The third-order valence-corrected chi connectivity index (χ3v) is 5.36. The number of rotatable bonds is 3. The lowest BCUT2D eigenvalue weighted by Crippen LogP contribution is -2.48. The molecule has 2 saturated heterocycles. The first-order chi connectivity index (χ1) is 9.19. The monoisotopic (exact) mass is 322 g/mol. The fourth-order valence-corrected chi connectivity index (χ4v) is 4.33. The second kappa shape index (κ2) is 5.55. The van der Waals surface area contributed by atoms with E-state index in [2.05, 4.69) is 52.0 Å². The number of nitrogens with two attached hydrogens (primary N) is 1. The minimum atomic E-state index is 0.427. The van der Waals surface area contributed by atoms with E-state index in [0.717, 1.165) is 4.47 Å². The molecule has 3 heteroatoms. The van der Waals surface area contributed by atoms with Gasteiger partial charge >= 0.3 is 0 Å². The van der Waals surface area contributed by atoms with Gasteiger partial charge in [-0.15, -0.1) is 0 Å². The van der Waals surface area contributed by atoms with Gasteiger partial charge in [-0.2, -0.15) is 0 Å². The molecule has 2 N–H and O–H groups in total. The highest BCUT2D eigenvalue weighted by Gasteiger charge is 2.42. The maximum Gasteiger partial charge on any atom is 0.0351 e. The topological polar surface area (TPSA) is 29.3 Å². The van der Waals surface area contributed by atoms with Crippen LogP contribution in [0.2, 0.25) is 0 Å². The van der Waals surface area contributed by atoms with Gasteiger partial charge in [0.1, 0.15) is 0 Å². The summed E-state index contributed by atoms with van der Waals surface area (Å²) < 4.78 is 1.16. The van der Waals surface area contributed by atoms with E-state index < -0.39 is 0 Å². The molecule has 104 valence electrons. The maximum absolute atomic E-state index is 6.19. The SMILES string of the molecule is CCC(c1ccc(Br)cc1)N1C2CCC1CC(N)C2. The van der Waals surface area contributed by atoms with Gasteiger partial charge in [-0.3, -0.25) is 4.90 Å². The van der Waals surface area contributed by atoms with Gasteiger partial charge in [0.2, 0.25) is 0 Å². The molecule has 2 heterocycles. The highest BCUT2D eigenvalue weighted by Crippen LogP contribution is 2.42. The summed E-state index contributed by atoms with van der Waals surface area (Å²) in [6.07, 6.45) is 6.23. The number of halogens is 1. The van der Waals surface area contributed by atoms with Crippen LogP contribution >= 0.6 is 15.9 Å². The molecular weight excluding hydrogens is 300 g/mol. The summed E-state index contributed by atoms with van der Waals surface area (Å²) in [7, 11) is 0. The van der Waals surface area contributed by atoms with Crippen molar-refractivity contribution in [2.24, 2.45) is 5.73 Å².